The summed E-state index contributed by atoms with van der Waals surface area (Å²) in [4.78, 5) is 1.95. The molecule has 0 bridgehead atoms. The van der Waals surface area contributed by atoms with Crippen molar-refractivity contribution in [2.24, 2.45) is 5.73 Å². The van der Waals surface area contributed by atoms with Crippen molar-refractivity contribution in [2.75, 3.05) is 21.2 Å². The number of rotatable bonds is 4. The van der Waals surface area contributed by atoms with Crippen molar-refractivity contribution < 1.29 is 13.5 Å². The number of hydrogen-bond acceptors (Lipinski definition) is 3. The van der Waals surface area contributed by atoms with Gasteiger partial charge >= 0.3 is 0 Å². The number of nitrogens with zero attached hydrogens (tertiary/aromatic N) is 1. The zero-order chi connectivity index (χ0) is 13.6. The Balaban J connectivity index is 2.35. The van der Waals surface area contributed by atoms with E-state index in [-0.39, 0.29) is 6.42 Å². The summed E-state index contributed by atoms with van der Waals surface area (Å²) in [7, 11) is 5.39. The van der Waals surface area contributed by atoms with E-state index in [0.29, 0.717) is 17.9 Å². The maximum absolute atomic E-state index is 13.3. The summed E-state index contributed by atoms with van der Waals surface area (Å²) in [5.41, 5.74) is 5.58. The summed E-state index contributed by atoms with van der Waals surface area (Å²) in [6, 6.07) is 5.05. The Bertz CT molecular complexity index is 462. The molecule has 1 aliphatic carbocycles. The molecule has 0 aromatic heterocycles. The smallest absolute Gasteiger partial charge is 0.272 e. The van der Waals surface area contributed by atoms with Crippen LogP contribution in [0.3, 0.4) is 0 Å². The van der Waals surface area contributed by atoms with Gasteiger partial charge in [0.15, 0.2) is 0 Å². The topological polar surface area (TPSA) is 38.5 Å². The fourth-order valence-corrected chi connectivity index (χ4v) is 2.14. The molecule has 100 valence electrons. The van der Waals surface area contributed by atoms with E-state index in [4.69, 9.17) is 10.5 Å². The number of halogens is 2. The molecule has 2 rings (SSSR count). The van der Waals surface area contributed by atoms with Crippen LogP contribution in [-0.2, 0) is 12.1 Å². The van der Waals surface area contributed by atoms with Crippen molar-refractivity contribution in [3.8, 4) is 5.75 Å². The minimum atomic E-state index is -2.79. The molecule has 1 aliphatic rings. The van der Waals surface area contributed by atoms with Crippen LogP contribution >= 0.6 is 0 Å². The van der Waals surface area contributed by atoms with Gasteiger partial charge in [0.05, 0.1) is 7.11 Å². The minimum Gasteiger partial charge on any atom is -0.496 e. The highest BCUT2D eigenvalue weighted by Crippen LogP contribution is 2.57. The van der Waals surface area contributed by atoms with E-state index >= 15 is 0 Å². The van der Waals surface area contributed by atoms with Gasteiger partial charge < -0.3 is 15.4 Å². The Morgan fingerprint density at radius 3 is 2.44 bits per heavy atom. The Hall–Kier alpha value is -1.20. The number of methoxy groups -OCH3 is 1. The third-order valence-electron chi connectivity index (χ3n) is 3.31. The summed E-state index contributed by atoms with van der Waals surface area (Å²) < 4.78 is 31.8. The Morgan fingerprint density at radius 2 is 2.00 bits per heavy atom. The van der Waals surface area contributed by atoms with E-state index in [1.54, 1.807) is 25.3 Å². The van der Waals surface area contributed by atoms with Gasteiger partial charge in [0.2, 0.25) is 0 Å². The van der Waals surface area contributed by atoms with Crippen molar-refractivity contribution in [3.05, 3.63) is 29.3 Å². The molecule has 2 N–H and O–H groups in total. The third-order valence-corrected chi connectivity index (χ3v) is 3.31. The van der Waals surface area contributed by atoms with Crippen LogP contribution in [0.1, 0.15) is 17.5 Å². The van der Waals surface area contributed by atoms with E-state index in [9.17, 15) is 8.78 Å². The van der Waals surface area contributed by atoms with E-state index < -0.39 is 11.5 Å². The first kappa shape index (κ1) is 13.2. The summed E-state index contributed by atoms with van der Waals surface area (Å²) in [5, 5.41) is 0. The van der Waals surface area contributed by atoms with Crippen LogP contribution < -0.4 is 10.5 Å². The molecule has 1 unspecified atom stereocenters. The lowest BCUT2D eigenvalue weighted by molar-refractivity contribution is 0.0891. The number of ether oxygens (including phenoxy) is 1. The van der Waals surface area contributed by atoms with E-state index in [1.807, 2.05) is 19.0 Å². The number of alkyl halides is 2. The fraction of sp³-hybridized carbons (Fsp3) is 0.538. The highest BCUT2D eigenvalue weighted by atomic mass is 19.3. The lowest BCUT2D eigenvalue weighted by atomic mass is 10.0. The summed E-state index contributed by atoms with van der Waals surface area (Å²) in [6.45, 7) is 0.624. The average Bonchev–Trinajstić information content (AvgIpc) is 2.78. The largest absolute Gasteiger partial charge is 0.496 e. The monoisotopic (exact) mass is 256 g/mol. The van der Waals surface area contributed by atoms with E-state index in [2.05, 4.69) is 0 Å². The normalized spacial score (nSPS) is 25.3. The molecule has 3 nitrogen and oxygen atoms in total. The number of benzene rings is 1. The van der Waals surface area contributed by atoms with Gasteiger partial charge in [0, 0.05) is 18.5 Å². The molecular formula is C13H18F2N2O. The Labute approximate surface area is 106 Å². The number of nitrogens with two attached hydrogens (primary N) is 1. The van der Waals surface area contributed by atoms with E-state index in [1.165, 1.54) is 0 Å². The average molecular weight is 256 g/mol. The molecule has 0 saturated heterocycles. The molecule has 0 radical (unpaired) electrons. The van der Waals surface area contributed by atoms with Crippen molar-refractivity contribution in [1.82, 2.24) is 4.90 Å². The molecule has 1 aromatic rings. The van der Waals surface area contributed by atoms with Gasteiger partial charge in [-0.2, -0.15) is 0 Å². The Kier molecular flexibility index (Phi) is 3.07. The van der Waals surface area contributed by atoms with Crippen LogP contribution in [0.25, 0.3) is 0 Å². The fourth-order valence-electron chi connectivity index (χ4n) is 2.14. The van der Waals surface area contributed by atoms with Crippen molar-refractivity contribution in [3.63, 3.8) is 0 Å². The molecular weight excluding hydrogens is 238 g/mol. The second kappa shape index (κ2) is 4.17. The number of hydrogen-bond donors (Lipinski definition) is 1. The maximum Gasteiger partial charge on any atom is 0.272 e. The molecule has 0 spiro atoms. The molecule has 1 atom stereocenters. The zero-order valence-electron chi connectivity index (χ0n) is 10.8. The van der Waals surface area contributed by atoms with Gasteiger partial charge in [0.25, 0.3) is 5.92 Å². The van der Waals surface area contributed by atoms with Crippen LogP contribution in [0.4, 0.5) is 8.78 Å². The van der Waals surface area contributed by atoms with Gasteiger partial charge in [-0.3, -0.25) is 0 Å². The maximum atomic E-state index is 13.3. The summed E-state index contributed by atoms with van der Waals surface area (Å²) in [6.07, 6.45) is -0.284. The van der Waals surface area contributed by atoms with Gasteiger partial charge in [-0.25, -0.2) is 8.78 Å². The lowest BCUT2D eigenvalue weighted by Crippen LogP contribution is -2.27. The standard InChI is InChI=1S/C13H18F2N2O/c1-17(2)7-9-6-10(4-5-11(9)18-3)12(16)8-13(12,14)15/h4-6H,7-8,16H2,1-3H3. The van der Waals surface area contributed by atoms with Crippen molar-refractivity contribution in [2.45, 2.75) is 24.4 Å². The van der Waals surface area contributed by atoms with Crippen LogP contribution in [0.15, 0.2) is 18.2 Å². The van der Waals surface area contributed by atoms with Crippen LogP contribution in [-0.4, -0.2) is 32.0 Å². The minimum absolute atomic E-state index is 0.284. The molecule has 5 heteroatoms. The second-order valence-corrected chi connectivity index (χ2v) is 5.12. The quantitative estimate of drug-likeness (QED) is 0.895. The highest BCUT2D eigenvalue weighted by Gasteiger charge is 2.69. The lowest BCUT2D eigenvalue weighted by Gasteiger charge is -2.17. The first-order chi connectivity index (χ1) is 8.30. The molecule has 0 amide bonds. The predicted molar refractivity (Wildman–Crippen MR) is 65.8 cm³/mol. The molecule has 1 fully saturated rings. The van der Waals surface area contributed by atoms with Crippen molar-refractivity contribution in [1.29, 1.82) is 0 Å². The predicted octanol–water partition coefficient (Wildman–Crippen LogP) is 1.95. The van der Waals surface area contributed by atoms with Crippen LogP contribution in [0, 0.1) is 0 Å². The molecule has 18 heavy (non-hydrogen) atoms. The van der Waals surface area contributed by atoms with Gasteiger partial charge in [-0.1, -0.05) is 6.07 Å². The Morgan fingerprint density at radius 1 is 1.39 bits per heavy atom. The van der Waals surface area contributed by atoms with Crippen LogP contribution in [0.2, 0.25) is 0 Å². The molecule has 1 saturated carbocycles. The van der Waals surface area contributed by atoms with Gasteiger partial charge in [-0.15, -0.1) is 0 Å². The van der Waals surface area contributed by atoms with Crippen LogP contribution in [0.5, 0.6) is 5.75 Å². The summed E-state index contributed by atoms with van der Waals surface area (Å²) >= 11 is 0. The first-order valence-electron chi connectivity index (χ1n) is 5.79. The molecule has 0 aliphatic heterocycles. The zero-order valence-corrected chi connectivity index (χ0v) is 10.8. The van der Waals surface area contributed by atoms with Gasteiger partial charge in [-0.05, 0) is 31.8 Å². The second-order valence-electron chi connectivity index (χ2n) is 5.12. The van der Waals surface area contributed by atoms with E-state index in [0.717, 1.165) is 5.56 Å². The molecule has 0 heterocycles. The molecule has 1 aromatic carbocycles. The first-order valence-corrected chi connectivity index (χ1v) is 5.79. The van der Waals surface area contributed by atoms with Gasteiger partial charge in [0.1, 0.15) is 11.3 Å². The summed E-state index contributed by atoms with van der Waals surface area (Å²) in [5.74, 6) is -2.10. The highest BCUT2D eigenvalue weighted by molar-refractivity contribution is 5.44. The third kappa shape index (κ3) is 2.08. The van der Waals surface area contributed by atoms with Crippen molar-refractivity contribution >= 4 is 0 Å². The SMILES string of the molecule is COc1ccc(C2(N)CC2(F)F)cc1CN(C)C.